The predicted octanol–water partition coefficient (Wildman–Crippen LogP) is 2.26. The van der Waals surface area contributed by atoms with E-state index in [9.17, 15) is 4.79 Å². The molecule has 0 saturated carbocycles. The number of hydrogen-bond acceptors (Lipinski definition) is 6. The second-order valence-electron chi connectivity index (χ2n) is 4.86. The van der Waals surface area contributed by atoms with E-state index in [0.717, 1.165) is 22.0 Å². The van der Waals surface area contributed by atoms with E-state index in [1.54, 1.807) is 0 Å². The number of aromatic nitrogens is 1. The van der Waals surface area contributed by atoms with Gasteiger partial charge in [-0.05, 0) is 32.0 Å². The summed E-state index contributed by atoms with van der Waals surface area (Å²) in [5.41, 5.74) is 5.04. The molecule has 2 heterocycles. The van der Waals surface area contributed by atoms with Crippen molar-refractivity contribution in [3.8, 4) is 11.5 Å². The van der Waals surface area contributed by atoms with Crippen LogP contribution >= 0.6 is 11.3 Å². The molecular formula is C15H15N3O3S. The normalized spacial score (nSPS) is 13.3. The topological polar surface area (TPSA) is 72.8 Å². The molecule has 22 heavy (non-hydrogen) atoms. The van der Waals surface area contributed by atoms with Crippen LogP contribution in [0.2, 0.25) is 0 Å². The number of fused-ring (bicyclic) bond motifs is 1. The van der Waals surface area contributed by atoms with Crippen molar-refractivity contribution in [2.45, 2.75) is 20.3 Å². The van der Waals surface area contributed by atoms with E-state index in [-0.39, 0.29) is 19.1 Å². The van der Waals surface area contributed by atoms with Gasteiger partial charge in [0.2, 0.25) is 12.7 Å². The molecular weight excluding hydrogens is 302 g/mol. The van der Waals surface area contributed by atoms with Crippen molar-refractivity contribution >= 4 is 23.0 Å². The second-order valence-corrected chi connectivity index (χ2v) is 5.80. The number of nitrogens with one attached hydrogen (secondary N) is 1. The smallest absolute Gasteiger partial charge is 0.246 e. The summed E-state index contributed by atoms with van der Waals surface area (Å²) in [6.45, 7) is 3.96. The number of nitrogens with zero attached hydrogens (tertiary/aromatic N) is 2. The first-order valence-electron chi connectivity index (χ1n) is 6.76. The summed E-state index contributed by atoms with van der Waals surface area (Å²) < 4.78 is 10.6. The molecule has 1 amide bonds. The van der Waals surface area contributed by atoms with Crippen LogP contribution in [0.15, 0.2) is 28.7 Å². The summed E-state index contributed by atoms with van der Waals surface area (Å²) in [6.07, 6.45) is 0.233. The van der Waals surface area contributed by atoms with E-state index in [0.29, 0.717) is 11.5 Å². The van der Waals surface area contributed by atoms with Crippen LogP contribution in [0.25, 0.3) is 0 Å². The minimum Gasteiger partial charge on any atom is -0.454 e. The van der Waals surface area contributed by atoms with Crippen LogP contribution in [-0.4, -0.2) is 23.4 Å². The Morgan fingerprint density at radius 2 is 2.23 bits per heavy atom. The maximum absolute atomic E-state index is 11.8. The highest BCUT2D eigenvalue weighted by Crippen LogP contribution is 2.32. The molecule has 1 aromatic heterocycles. The molecule has 0 atom stereocenters. The average Bonchev–Trinajstić information content (AvgIpc) is 3.12. The molecule has 6 nitrogen and oxygen atoms in total. The maximum atomic E-state index is 11.8. The Balaban J connectivity index is 1.63. The van der Waals surface area contributed by atoms with E-state index in [1.807, 2.05) is 37.4 Å². The van der Waals surface area contributed by atoms with Gasteiger partial charge in [0.25, 0.3) is 0 Å². The van der Waals surface area contributed by atoms with Crippen molar-refractivity contribution < 1.29 is 14.3 Å². The number of amides is 1. The number of hydrazone groups is 1. The summed E-state index contributed by atoms with van der Waals surface area (Å²) in [5, 5.41) is 6.82. The number of carbonyl (C=O) groups is 1. The minimum atomic E-state index is -0.186. The first-order chi connectivity index (χ1) is 10.6. The van der Waals surface area contributed by atoms with Crippen LogP contribution in [0.4, 0.5) is 0 Å². The largest absolute Gasteiger partial charge is 0.454 e. The molecule has 3 rings (SSSR count). The lowest BCUT2D eigenvalue weighted by Gasteiger charge is -2.03. The number of thiazole rings is 1. The first-order valence-corrected chi connectivity index (χ1v) is 7.64. The van der Waals surface area contributed by atoms with Gasteiger partial charge in [-0.15, -0.1) is 11.3 Å². The standard InChI is InChI=1S/C15H15N3O3S/c1-9-7-22-15(16-9)6-14(19)18-17-10(2)11-3-4-12-13(5-11)21-8-20-12/h3-5,7H,6,8H2,1-2H3,(H,18,19)/b17-10-. The van der Waals surface area contributed by atoms with Gasteiger partial charge in [-0.1, -0.05) is 0 Å². The van der Waals surface area contributed by atoms with Crippen LogP contribution in [0.5, 0.6) is 11.5 Å². The lowest BCUT2D eigenvalue weighted by Crippen LogP contribution is -2.21. The lowest BCUT2D eigenvalue weighted by molar-refractivity contribution is -0.120. The molecule has 1 aromatic carbocycles. The quantitative estimate of drug-likeness (QED) is 0.693. The van der Waals surface area contributed by atoms with Gasteiger partial charge in [0.1, 0.15) is 5.01 Å². The zero-order chi connectivity index (χ0) is 15.5. The molecule has 1 aliphatic rings. The zero-order valence-electron chi connectivity index (χ0n) is 12.3. The van der Waals surface area contributed by atoms with Crippen molar-refractivity contribution in [2.75, 3.05) is 6.79 Å². The summed E-state index contributed by atoms with van der Waals surface area (Å²) in [6, 6.07) is 5.55. The van der Waals surface area contributed by atoms with Gasteiger partial charge in [-0.2, -0.15) is 5.10 Å². The summed E-state index contributed by atoms with van der Waals surface area (Å²) >= 11 is 1.47. The highest BCUT2D eigenvalue weighted by molar-refractivity contribution is 7.09. The number of aryl methyl sites for hydroxylation is 1. The minimum absolute atomic E-state index is 0.186. The third-order valence-corrected chi connectivity index (χ3v) is 4.08. The number of benzene rings is 1. The molecule has 0 unspecified atom stereocenters. The third-order valence-electron chi connectivity index (χ3n) is 3.12. The van der Waals surface area contributed by atoms with Crippen molar-refractivity contribution in [2.24, 2.45) is 5.10 Å². The van der Waals surface area contributed by atoms with Gasteiger partial charge in [-0.3, -0.25) is 4.79 Å². The van der Waals surface area contributed by atoms with Crippen LogP contribution in [0.1, 0.15) is 23.2 Å². The van der Waals surface area contributed by atoms with Gasteiger partial charge in [0, 0.05) is 16.6 Å². The number of rotatable bonds is 4. The molecule has 0 saturated heterocycles. The molecule has 1 aliphatic heterocycles. The fourth-order valence-corrected chi connectivity index (χ4v) is 2.76. The van der Waals surface area contributed by atoms with Crippen LogP contribution < -0.4 is 14.9 Å². The Morgan fingerprint density at radius 1 is 1.41 bits per heavy atom. The van der Waals surface area contributed by atoms with E-state index in [1.165, 1.54) is 11.3 Å². The lowest BCUT2D eigenvalue weighted by atomic mass is 10.1. The number of carbonyl (C=O) groups excluding carboxylic acids is 1. The van der Waals surface area contributed by atoms with Gasteiger partial charge < -0.3 is 9.47 Å². The molecule has 1 N–H and O–H groups in total. The fraction of sp³-hybridized carbons (Fsp3) is 0.267. The Morgan fingerprint density at radius 3 is 3.00 bits per heavy atom. The highest BCUT2D eigenvalue weighted by Gasteiger charge is 2.14. The Labute approximate surface area is 131 Å². The molecule has 0 radical (unpaired) electrons. The summed E-state index contributed by atoms with van der Waals surface area (Å²) in [7, 11) is 0. The van der Waals surface area contributed by atoms with E-state index in [4.69, 9.17) is 9.47 Å². The Bertz CT molecular complexity index is 739. The Hall–Kier alpha value is -2.41. The van der Waals surface area contributed by atoms with Crippen LogP contribution in [0, 0.1) is 6.92 Å². The van der Waals surface area contributed by atoms with Gasteiger partial charge in [0.15, 0.2) is 11.5 Å². The fourth-order valence-electron chi connectivity index (χ4n) is 1.99. The van der Waals surface area contributed by atoms with Crippen molar-refractivity contribution in [3.05, 3.63) is 39.8 Å². The van der Waals surface area contributed by atoms with Gasteiger partial charge >= 0.3 is 0 Å². The van der Waals surface area contributed by atoms with Gasteiger partial charge in [-0.25, -0.2) is 10.4 Å². The molecule has 7 heteroatoms. The summed E-state index contributed by atoms with van der Waals surface area (Å²) in [4.78, 5) is 16.1. The molecule has 2 aromatic rings. The molecule has 0 aliphatic carbocycles. The van der Waals surface area contributed by atoms with E-state index >= 15 is 0 Å². The monoisotopic (exact) mass is 317 g/mol. The maximum Gasteiger partial charge on any atom is 0.246 e. The number of hydrogen-bond donors (Lipinski definition) is 1. The highest BCUT2D eigenvalue weighted by atomic mass is 32.1. The van der Waals surface area contributed by atoms with Crippen molar-refractivity contribution in [1.29, 1.82) is 0 Å². The van der Waals surface area contributed by atoms with E-state index < -0.39 is 0 Å². The van der Waals surface area contributed by atoms with Gasteiger partial charge in [0.05, 0.1) is 12.1 Å². The summed E-state index contributed by atoms with van der Waals surface area (Å²) in [5.74, 6) is 1.23. The van der Waals surface area contributed by atoms with Crippen molar-refractivity contribution in [3.63, 3.8) is 0 Å². The third kappa shape index (κ3) is 3.25. The van der Waals surface area contributed by atoms with Crippen LogP contribution in [-0.2, 0) is 11.2 Å². The molecule has 0 fully saturated rings. The molecule has 0 spiro atoms. The average molecular weight is 317 g/mol. The number of ether oxygens (including phenoxy) is 2. The van der Waals surface area contributed by atoms with Crippen molar-refractivity contribution in [1.82, 2.24) is 10.4 Å². The Kier molecular flexibility index (Phi) is 4.06. The van der Waals surface area contributed by atoms with Crippen LogP contribution in [0.3, 0.4) is 0 Å². The SMILES string of the molecule is C/C(=N/NC(=O)Cc1nc(C)cs1)c1ccc2c(c1)OCO2. The molecule has 0 bridgehead atoms. The first kappa shape index (κ1) is 14.5. The molecule has 114 valence electrons. The van der Waals surface area contributed by atoms with E-state index in [2.05, 4.69) is 15.5 Å². The zero-order valence-corrected chi connectivity index (χ0v) is 13.1. The predicted molar refractivity (Wildman–Crippen MR) is 83.5 cm³/mol. The second kappa shape index (κ2) is 6.15.